The van der Waals surface area contributed by atoms with E-state index in [-0.39, 0.29) is 24.9 Å². The van der Waals surface area contributed by atoms with Crippen LogP contribution in [0.15, 0.2) is 18.2 Å². The lowest BCUT2D eigenvalue weighted by molar-refractivity contribution is 0.217. The highest BCUT2D eigenvalue weighted by molar-refractivity contribution is 5.19. The average molecular weight is 258 g/mol. The number of hydrogen-bond acceptors (Lipinski definition) is 5. The average Bonchev–Trinajstić information content (AvgIpc) is 2.79. The van der Waals surface area contributed by atoms with Crippen molar-refractivity contribution in [2.45, 2.75) is 12.7 Å². The Balaban J connectivity index is 1.91. The molecule has 1 atom stereocenters. The molecule has 0 bridgehead atoms. The third-order valence-electron chi connectivity index (χ3n) is 2.71. The van der Waals surface area contributed by atoms with Gasteiger partial charge in [-0.25, -0.2) is 19.2 Å². The Hall–Kier alpha value is -1.12. The molecule has 0 spiro atoms. The van der Waals surface area contributed by atoms with Crippen LogP contribution in [0.2, 0.25) is 0 Å². The Morgan fingerprint density at radius 3 is 2.78 bits per heavy atom. The zero-order chi connectivity index (χ0) is 13.0. The van der Waals surface area contributed by atoms with Gasteiger partial charge in [0.05, 0.1) is 12.8 Å². The maximum Gasteiger partial charge on any atom is 0.130 e. The topological polar surface area (TPSA) is 59.6 Å². The second-order valence-electron chi connectivity index (χ2n) is 4.07. The molecule has 0 saturated carbocycles. The number of aliphatic hydroxyl groups excluding tert-OH is 1. The molecule has 100 valence electrons. The second-order valence-corrected chi connectivity index (χ2v) is 4.07. The van der Waals surface area contributed by atoms with E-state index in [1.807, 2.05) is 0 Å². The van der Waals surface area contributed by atoms with Crippen molar-refractivity contribution in [2.24, 2.45) is 0 Å². The molecule has 4 N–H and O–H groups in total. The normalized spacial score (nSPS) is 20.5. The van der Waals surface area contributed by atoms with Crippen molar-refractivity contribution >= 4 is 0 Å². The van der Waals surface area contributed by atoms with Gasteiger partial charge in [-0.2, -0.15) is 5.53 Å². The molecule has 1 heterocycles. The van der Waals surface area contributed by atoms with Crippen molar-refractivity contribution in [3.63, 3.8) is 0 Å². The molecule has 0 radical (unpaired) electrons. The molecule has 0 amide bonds. The molecule has 1 aromatic rings. The molecular formula is C11H16F2N4O. The highest BCUT2D eigenvalue weighted by atomic mass is 19.1. The van der Waals surface area contributed by atoms with Crippen LogP contribution in [-0.4, -0.2) is 36.0 Å². The van der Waals surface area contributed by atoms with Crippen LogP contribution in [0.25, 0.3) is 0 Å². The van der Waals surface area contributed by atoms with Crippen molar-refractivity contribution in [1.82, 2.24) is 21.3 Å². The van der Waals surface area contributed by atoms with Crippen LogP contribution < -0.4 is 16.3 Å². The molecule has 1 unspecified atom stereocenters. The summed E-state index contributed by atoms with van der Waals surface area (Å²) in [6.45, 7) is 1.16. The number of rotatable bonds is 5. The number of halogens is 2. The highest BCUT2D eigenvalue weighted by Crippen LogP contribution is 2.14. The summed E-state index contributed by atoms with van der Waals surface area (Å²) in [5, 5.41) is 13.4. The van der Waals surface area contributed by atoms with Crippen molar-refractivity contribution < 1.29 is 13.9 Å². The third-order valence-corrected chi connectivity index (χ3v) is 2.71. The zero-order valence-corrected chi connectivity index (χ0v) is 9.79. The minimum absolute atomic E-state index is 0.0367. The van der Waals surface area contributed by atoms with Gasteiger partial charge in [0, 0.05) is 25.2 Å². The first kappa shape index (κ1) is 13.3. The SMILES string of the molecule is OCCNC1CN(Cc2c(F)cccc2F)NN1. The molecule has 18 heavy (non-hydrogen) atoms. The number of nitrogens with zero attached hydrogens (tertiary/aromatic N) is 1. The molecule has 0 aromatic heterocycles. The summed E-state index contributed by atoms with van der Waals surface area (Å²) < 4.78 is 26.9. The van der Waals surface area contributed by atoms with E-state index < -0.39 is 11.6 Å². The van der Waals surface area contributed by atoms with Crippen LogP contribution in [0.5, 0.6) is 0 Å². The van der Waals surface area contributed by atoms with E-state index in [0.29, 0.717) is 13.1 Å². The maximum absolute atomic E-state index is 13.4. The number of nitrogens with one attached hydrogen (secondary N) is 3. The largest absolute Gasteiger partial charge is 0.395 e. The molecule has 7 heteroatoms. The van der Waals surface area contributed by atoms with Gasteiger partial charge in [0.25, 0.3) is 0 Å². The number of hydrazine groups is 2. The van der Waals surface area contributed by atoms with Gasteiger partial charge in [0.2, 0.25) is 0 Å². The summed E-state index contributed by atoms with van der Waals surface area (Å²) in [6, 6.07) is 3.82. The molecule has 0 aliphatic carbocycles. The lowest BCUT2D eigenvalue weighted by atomic mass is 10.2. The Bertz CT molecular complexity index is 384. The van der Waals surface area contributed by atoms with E-state index in [1.165, 1.54) is 18.2 Å². The summed E-state index contributed by atoms with van der Waals surface area (Å²) in [5.41, 5.74) is 5.77. The quantitative estimate of drug-likeness (QED) is 0.584. The zero-order valence-electron chi connectivity index (χ0n) is 9.79. The standard InChI is InChI=1S/C11H16F2N4O/c12-9-2-1-3-10(13)8(9)6-17-7-11(15-16-17)14-4-5-18/h1-3,11,14-16,18H,4-7H2. The molecule has 1 fully saturated rings. The van der Waals surface area contributed by atoms with Crippen LogP contribution in [-0.2, 0) is 6.54 Å². The number of aliphatic hydroxyl groups is 1. The molecule has 1 aromatic carbocycles. The van der Waals surface area contributed by atoms with Gasteiger partial charge in [-0.05, 0) is 12.1 Å². The Labute approximate surface area is 104 Å². The number of benzene rings is 1. The fraction of sp³-hybridized carbons (Fsp3) is 0.455. The summed E-state index contributed by atoms with van der Waals surface area (Å²) in [7, 11) is 0. The predicted octanol–water partition coefficient (Wildman–Crippen LogP) is -0.302. The fourth-order valence-electron chi connectivity index (χ4n) is 1.81. The second kappa shape index (κ2) is 6.17. The van der Waals surface area contributed by atoms with Gasteiger partial charge < -0.3 is 5.11 Å². The summed E-state index contributed by atoms with van der Waals surface area (Å²) in [6.07, 6.45) is -0.0630. The van der Waals surface area contributed by atoms with Crippen LogP contribution in [0.4, 0.5) is 8.78 Å². The first-order valence-corrected chi connectivity index (χ1v) is 5.74. The van der Waals surface area contributed by atoms with Crippen molar-refractivity contribution in [1.29, 1.82) is 0 Å². The van der Waals surface area contributed by atoms with Crippen molar-refractivity contribution in [3.8, 4) is 0 Å². The van der Waals surface area contributed by atoms with Gasteiger partial charge >= 0.3 is 0 Å². The summed E-state index contributed by atoms with van der Waals surface area (Å²) in [4.78, 5) is 0. The van der Waals surface area contributed by atoms with Crippen LogP contribution >= 0.6 is 0 Å². The van der Waals surface area contributed by atoms with Gasteiger partial charge in [-0.15, -0.1) is 0 Å². The molecule has 1 aliphatic rings. The minimum atomic E-state index is -0.552. The van der Waals surface area contributed by atoms with E-state index in [4.69, 9.17) is 5.11 Å². The van der Waals surface area contributed by atoms with Crippen LogP contribution in [0.3, 0.4) is 0 Å². The maximum atomic E-state index is 13.4. The summed E-state index contributed by atoms with van der Waals surface area (Å²) >= 11 is 0. The first-order valence-electron chi connectivity index (χ1n) is 5.74. The number of hydrogen-bond donors (Lipinski definition) is 4. The van der Waals surface area contributed by atoms with Crippen molar-refractivity contribution in [3.05, 3.63) is 35.4 Å². The molecule has 5 nitrogen and oxygen atoms in total. The highest BCUT2D eigenvalue weighted by Gasteiger charge is 2.22. The Morgan fingerprint density at radius 2 is 2.11 bits per heavy atom. The van der Waals surface area contributed by atoms with E-state index in [0.717, 1.165) is 0 Å². The predicted molar refractivity (Wildman–Crippen MR) is 61.9 cm³/mol. The van der Waals surface area contributed by atoms with Gasteiger partial charge in [-0.1, -0.05) is 6.07 Å². The van der Waals surface area contributed by atoms with E-state index in [1.54, 1.807) is 5.01 Å². The monoisotopic (exact) mass is 258 g/mol. The molecule has 1 aliphatic heterocycles. The Morgan fingerprint density at radius 1 is 1.39 bits per heavy atom. The summed E-state index contributed by atoms with van der Waals surface area (Å²) in [5.74, 6) is -1.10. The third kappa shape index (κ3) is 3.21. The van der Waals surface area contributed by atoms with Gasteiger partial charge in [0.15, 0.2) is 0 Å². The lowest BCUT2D eigenvalue weighted by Gasteiger charge is -2.15. The van der Waals surface area contributed by atoms with Crippen LogP contribution in [0, 0.1) is 11.6 Å². The molecule has 1 saturated heterocycles. The van der Waals surface area contributed by atoms with E-state index >= 15 is 0 Å². The van der Waals surface area contributed by atoms with E-state index in [2.05, 4.69) is 16.3 Å². The van der Waals surface area contributed by atoms with Gasteiger partial charge in [0.1, 0.15) is 11.6 Å². The lowest BCUT2D eigenvalue weighted by Crippen LogP contribution is -2.43. The molecule has 2 rings (SSSR count). The van der Waals surface area contributed by atoms with E-state index in [9.17, 15) is 8.78 Å². The smallest absolute Gasteiger partial charge is 0.130 e. The van der Waals surface area contributed by atoms with Crippen molar-refractivity contribution in [2.75, 3.05) is 19.7 Å². The first-order chi connectivity index (χ1) is 8.70. The van der Waals surface area contributed by atoms with Gasteiger partial charge in [-0.3, -0.25) is 5.32 Å². The fourth-order valence-corrected chi connectivity index (χ4v) is 1.81. The molecular weight excluding hydrogens is 242 g/mol. The Kier molecular flexibility index (Phi) is 4.56. The van der Waals surface area contributed by atoms with Crippen LogP contribution in [0.1, 0.15) is 5.56 Å². The minimum Gasteiger partial charge on any atom is -0.395 e.